The summed E-state index contributed by atoms with van der Waals surface area (Å²) in [5.74, 6) is -0.863. The Balaban J connectivity index is 0.00000288. The smallest absolute Gasteiger partial charge is 0.251 e. The molecule has 7 heteroatoms. The molecule has 2 amide bonds. The number of rotatable bonds is 6. The van der Waals surface area contributed by atoms with E-state index in [0.29, 0.717) is 19.5 Å². The monoisotopic (exact) mass is 357 g/mol. The Bertz CT molecular complexity index is 563. The number of hydrogen-bond donors (Lipinski definition) is 3. The van der Waals surface area contributed by atoms with Crippen molar-refractivity contribution in [3.63, 3.8) is 0 Å². The fraction of sp³-hybridized carbons (Fsp3) is 0.529. The van der Waals surface area contributed by atoms with Gasteiger partial charge in [-0.3, -0.25) is 9.59 Å². The molecule has 0 aromatic heterocycles. The molecule has 0 atom stereocenters. The Kier molecular flexibility index (Phi) is 8.15. The Morgan fingerprint density at radius 1 is 1.12 bits per heavy atom. The summed E-state index contributed by atoms with van der Waals surface area (Å²) in [6.45, 7) is 0.869. The van der Waals surface area contributed by atoms with Gasteiger partial charge in [0.05, 0.1) is 5.54 Å². The lowest BCUT2D eigenvalue weighted by Gasteiger charge is -2.31. The normalized spacial score (nSPS) is 15.9. The van der Waals surface area contributed by atoms with Gasteiger partial charge in [-0.05, 0) is 37.5 Å². The summed E-state index contributed by atoms with van der Waals surface area (Å²) in [5, 5.41) is 5.54. The molecule has 1 fully saturated rings. The molecule has 1 aromatic rings. The highest BCUT2D eigenvalue weighted by molar-refractivity contribution is 5.94. The zero-order chi connectivity index (χ0) is 16.7. The van der Waals surface area contributed by atoms with Crippen LogP contribution in [0.2, 0.25) is 0 Å². The SMILES string of the molecule is Cl.NC1(C(=O)NCCCNC(=O)c2cccc(F)c2)CCCCC1. The second-order valence-corrected chi connectivity index (χ2v) is 6.09. The van der Waals surface area contributed by atoms with E-state index in [1.54, 1.807) is 6.07 Å². The summed E-state index contributed by atoms with van der Waals surface area (Å²) in [4.78, 5) is 23.9. The molecule has 5 nitrogen and oxygen atoms in total. The third kappa shape index (κ3) is 5.76. The van der Waals surface area contributed by atoms with Crippen LogP contribution in [0, 0.1) is 5.82 Å². The highest BCUT2D eigenvalue weighted by atomic mass is 35.5. The van der Waals surface area contributed by atoms with E-state index in [1.807, 2.05) is 0 Å². The fourth-order valence-corrected chi connectivity index (χ4v) is 2.81. The molecule has 0 saturated heterocycles. The van der Waals surface area contributed by atoms with Crippen molar-refractivity contribution in [2.24, 2.45) is 5.73 Å². The van der Waals surface area contributed by atoms with Crippen LogP contribution in [-0.2, 0) is 4.79 Å². The van der Waals surface area contributed by atoms with E-state index >= 15 is 0 Å². The van der Waals surface area contributed by atoms with Gasteiger partial charge in [0.15, 0.2) is 0 Å². The van der Waals surface area contributed by atoms with Crippen molar-refractivity contribution in [1.29, 1.82) is 0 Å². The van der Waals surface area contributed by atoms with E-state index in [2.05, 4.69) is 10.6 Å². The van der Waals surface area contributed by atoms with Crippen LogP contribution in [0.1, 0.15) is 48.9 Å². The van der Waals surface area contributed by atoms with Gasteiger partial charge in [0.2, 0.25) is 5.91 Å². The van der Waals surface area contributed by atoms with Crippen molar-refractivity contribution in [3.8, 4) is 0 Å². The first-order valence-electron chi connectivity index (χ1n) is 8.12. The molecule has 0 bridgehead atoms. The van der Waals surface area contributed by atoms with Gasteiger partial charge in [-0.1, -0.05) is 25.3 Å². The number of halogens is 2. The first-order chi connectivity index (χ1) is 11.0. The zero-order valence-corrected chi connectivity index (χ0v) is 14.5. The molecular weight excluding hydrogens is 333 g/mol. The van der Waals surface area contributed by atoms with Gasteiger partial charge < -0.3 is 16.4 Å². The topological polar surface area (TPSA) is 84.2 Å². The van der Waals surface area contributed by atoms with Crippen LogP contribution >= 0.6 is 12.4 Å². The van der Waals surface area contributed by atoms with Crippen molar-refractivity contribution in [2.75, 3.05) is 13.1 Å². The number of nitrogens with one attached hydrogen (secondary N) is 2. The first kappa shape index (κ1) is 20.4. The van der Waals surface area contributed by atoms with Gasteiger partial charge in [0.25, 0.3) is 5.91 Å². The van der Waals surface area contributed by atoms with E-state index in [-0.39, 0.29) is 29.8 Å². The second-order valence-electron chi connectivity index (χ2n) is 6.09. The number of carbonyl (C=O) groups is 2. The molecule has 0 radical (unpaired) electrons. The van der Waals surface area contributed by atoms with Crippen molar-refractivity contribution in [2.45, 2.75) is 44.1 Å². The highest BCUT2D eigenvalue weighted by Gasteiger charge is 2.34. The maximum absolute atomic E-state index is 13.0. The lowest BCUT2D eigenvalue weighted by Crippen LogP contribution is -2.55. The Labute approximate surface area is 148 Å². The van der Waals surface area contributed by atoms with Crippen molar-refractivity contribution >= 4 is 24.2 Å². The van der Waals surface area contributed by atoms with Crippen LogP contribution in [0.3, 0.4) is 0 Å². The average Bonchev–Trinajstić information content (AvgIpc) is 2.55. The molecule has 0 heterocycles. The first-order valence-corrected chi connectivity index (χ1v) is 8.12. The third-order valence-corrected chi connectivity index (χ3v) is 4.21. The minimum absolute atomic E-state index is 0. The number of carbonyl (C=O) groups excluding carboxylic acids is 2. The van der Waals surface area contributed by atoms with Gasteiger partial charge in [-0.2, -0.15) is 0 Å². The van der Waals surface area contributed by atoms with Crippen LogP contribution in [0.25, 0.3) is 0 Å². The minimum Gasteiger partial charge on any atom is -0.354 e. The molecule has 1 saturated carbocycles. The number of amides is 2. The van der Waals surface area contributed by atoms with E-state index in [0.717, 1.165) is 32.1 Å². The summed E-state index contributed by atoms with van der Waals surface area (Å²) < 4.78 is 13.0. The van der Waals surface area contributed by atoms with Gasteiger partial charge in [-0.25, -0.2) is 4.39 Å². The lowest BCUT2D eigenvalue weighted by molar-refractivity contribution is -0.127. The van der Waals surface area contributed by atoms with Crippen LogP contribution in [0.15, 0.2) is 24.3 Å². The van der Waals surface area contributed by atoms with Crippen molar-refractivity contribution in [1.82, 2.24) is 10.6 Å². The predicted octanol–water partition coefficient (Wildman–Crippen LogP) is 2.15. The Hall–Kier alpha value is -1.66. The molecule has 0 spiro atoms. The molecule has 1 aromatic carbocycles. The number of hydrogen-bond acceptors (Lipinski definition) is 3. The fourth-order valence-electron chi connectivity index (χ4n) is 2.81. The number of nitrogens with two attached hydrogens (primary N) is 1. The largest absolute Gasteiger partial charge is 0.354 e. The van der Waals surface area contributed by atoms with E-state index in [9.17, 15) is 14.0 Å². The Morgan fingerprint density at radius 2 is 1.79 bits per heavy atom. The molecular formula is C17H25ClFN3O2. The molecule has 0 unspecified atom stereocenters. The van der Waals surface area contributed by atoms with Crippen LogP contribution in [0.5, 0.6) is 0 Å². The molecule has 134 valence electrons. The third-order valence-electron chi connectivity index (χ3n) is 4.21. The molecule has 2 rings (SSSR count). The molecule has 1 aliphatic carbocycles. The average molecular weight is 358 g/mol. The molecule has 0 aliphatic heterocycles. The van der Waals surface area contributed by atoms with Gasteiger partial charge in [0, 0.05) is 18.7 Å². The second kappa shape index (κ2) is 9.59. The Morgan fingerprint density at radius 3 is 2.46 bits per heavy atom. The predicted molar refractivity (Wildman–Crippen MR) is 93.6 cm³/mol. The maximum Gasteiger partial charge on any atom is 0.251 e. The van der Waals surface area contributed by atoms with Crippen LogP contribution in [-0.4, -0.2) is 30.4 Å². The summed E-state index contributed by atoms with van der Waals surface area (Å²) in [7, 11) is 0. The molecule has 4 N–H and O–H groups in total. The van der Waals surface area contributed by atoms with E-state index < -0.39 is 11.4 Å². The number of benzene rings is 1. The van der Waals surface area contributed by atoms with Gasteiger partial charge in [0.1, 0.15) is 5.82 Å². The van der Waals surface area contributed by atoms with Crippen LogP contribution in [0.4, 0.5) is 4.39 Å². The van der Waals surface area contributed by atoms with Crippen molar-refractivity contribution in [3.05, 3.63) is 35.6 Å². The van der Waals surface area contributed by atoms with E-state index in [1.165, 1.54) is 18.2 Å². The van der Waals surface area contributed by atoms with Gasteiger partial charge >= 0.3 is 0 Å². The lowest BCUT2D eigenvalue weighted by atomic mass is 9.82. The standard InChI is InChI=1S/C17H24FN3O2.ClH/c18-14-7-4-6-13(12-14)15(22)20-10-5-11-21-16(23)17(19)8-2-1-3-9-17;/h4,6-7,12H,1-3,5,8-11,19H2,(H,20,22)(H,21,23);1H. The zero-order valence-electron chi connectivity index (χ0n) is 13.6. The van der Waals surface area contributed by atoms with Crippen molar-refractivity contribution < 1.29 is 14.0 Å². The molecule has 24 heavy (non-hydrogen) atoms. The van der Waals surface area contributed by atoms with Crippen LogP contribution < -0.4 is 16.4 Å². The van der Waals surface area contributed by atoms with Gasteiger partial charge in [-0.15, -0.1) is 12.4 Å². The molecule has 1 aliphatic rings. The quantitative estimate of drug-likeness (QED) is 0.682. The summed E-state index contributed by atoms with van der Waals surface area (Å²) >= 11 is 0. The maximum atomic E-state index is 13.0. The summed E-state index contributed by atoms with van der Waals surface area (Å²) in [5.41, 5.74) is 5.69. The van der Waals surface area contributed by atoms with E-state index in [4.69, 9.17) is 5.73 Å². The summed E-state index contributed by atoms with van der Waals surface area (Å²) in [6, 6.07) is 5.54. The highest BCUT2D eigenvalue weighted by Crippen LogP contribution is 2.25. The minimum atomic E-state index is -0.733. The summed E-state index contributed by atoms with van der Waals surface area (Å²) in [6.07, 6.45) is 5.19.